The molecular weight excluding hydrogens is 276 g/mol. The fourth-order valence-electron chi connectivity index (χ4n) is 2.21. The van der Waals surface area contributed by atoms with Crippen molar-refractivity contribution in [2.75, 3.05) is 6.54 Å². The standard InChI is InChI=1S/C13H14Cl2FNO/c14-9-5-4-8(6-9)7-17-13(18)10-2-1-3-11(15)12(10)16/h1-3,8-9H,4-7H2,(H,17,18). The third-order valence-corrected chi connectivity index (χ3v) is 3.91. The molecule has 5 heteroatoms. The van der Waals surface area contributed by atoms with Crippen LogP contribution in [0.3, 0.4) is 0 Å². The second kappa shape index (κ2) is 5.89. The summed E-state index contributed by atoms with van der Waals surface area (Å²) in [6.07, 6.45) is 2.89. The minimum Gasteiger partial charge on any atom is -0.352 e. The van der Waals surface area contributed by atoms with Gasteiger partial charge in [0.25, 0.3) is 5.91 Å². The molecule has 2 rings (SSSR count). The number of amides is 1. The molecule has 2 unspecified atom stereocenters. The van der Waals surface area contributed by atoms with Crippen LogP contribution in [0.1, 0.15) is 29.6 Å². The Morgan fingerprint density at radius 1 is 1.44 bits per heavy atom. The first-order valence-electron chi connectivity index (χ1n) is 5.94. The van der Waals surface area contributed by atoms with Crippen LogP contribution in [0.2, 0.25) is 5.02 Å². The van der Waals surface area contributed by atoms with Crippen LogP contribution < -0.4 is 5.32 Å². The molecule has 1 aliphatic carbocycles. The molecule has 2 atom stereocenters. The number of nitrogens with one attached hydrogen (secondary N) is 1. The van der Waals surface area contributed by atoms with Gasteiger partial charge in [-0.05, 0) is 37.3 Å². The maximum Gasteiger partial charge on any atom is 0.254 e. The number of carbonyl (C=O) groups excluding carboxylic acids is 1. The summed E-state index contributed by atoms with van der Waals surface area (Å²) in [5, 5.41) is 2.90. The number of benzene rings is 1. The highest BCUT2D eigenvalue weighted by atomic mass is 35.5. The van der Waals surface area contributed by atoms with Crippen LogP contribution in [-0.2, 0) is 0 Å². The normalized spacial score (nSPS) is 23.1. The summed E-state index contributed by atoms with van der Waals surface area (Å²) in [6.45, 7) is 0.536. The summed E-state index contributed by atoms with van der Waals surface area (Å²) < 4.78 is 13.6. The molecule has 1 aromatic rings. The number of halogens is 3. The molecule has 98 valence electrons. The van der Waals surface area contributed by atoms with E-state index in [1.165, 1.54) is 12.1 Å². The minimum absolute atomic E-state index is 0.0112. The maximum absolute atomic E-state index is 13.6. The van der Waals surface area contributed by atoms with E-state index in [0.29, 0.717) is 12.5 Å². The Morgan fingerprint density at radius 3 is 2.89 bits per heavy atom. The van der Waals surface area contributed by atoms with E-state index in [0.717, 1.165) is 19.3 Å². The van der Waals surface area contributed by atoms with Crippen molar-refractivity contribution in [2.24, 2.45) is 5.92 Å². The van der Waals surface area contributed by atoms with E-state index < -0.39 is 11.7 Å². The predicted molar refractivity (Wildman–Crippen MR) is 70.7 cm³/mol. The monoisotopic (exact) mass is 289 g/mol. The van der Waals surface area contributed by atoms with E-state index in [9.17, 15) is 9.18 Å². The molecule has 1 fully saturated rings. The molecule has 0 spiro atoms. The summed E-state index contributed by atoms with van der Waals surface area (Å²) in [5.74, 6) is -0.704. The van der Waals surface area contributed by atoms with Gasteiger partial charge in [-0.1, -0.05) is 17.7 Å². The molecule has 0 bridgehead atoms. The van der Waals surface area contributed by atoms with Crippen molar-refractivity contribution in [3.05, 3.63) is 34.6 Å². The van der Waals surface area contributed by atoms with Crippen LogP contribution in [0.4, 0.5) is 4.39 Å². The van der Waals surface area contributed by atoms with Crippen molar-refractivity contribution >= 4 is 29.1 Å². The molecule has 0 saturated heterocycles. The summed E-state index contributed by atoms with van der Waals surface area (Å²) in [6, 6.07) is 4.41. The van der Waals surface area contributed by atoms with Gasteiger partial charge in [-0.3, -0.25) is 4.79 Å². The Kier molecular flexibility index (Phi) is 4.46. The third kappa shape index (κ3) is 3.15. The zero-order valence-corrected chi connectivity index (χ0v) is 11.3. The molecule has 1 N–H and O–H groups in total. The number of carbonyl (C=O) groups is 1. The Bertz CT molecular complexity index is 453. The van der Waals surface area contributed by atoms with Crippen molar-refractivity contribution in [3.63, 3.8) is 0 Å². The van der Waals surface area contributed by atoms with E-state index in [1.54, 1.807) is 6.07 Å². The van der Waals surface area contributed by atoms with E-state index in [-0.39, 0.29) is 16.0 Å². The molecule has 0 radical (unpaired) electrons. The summed E-state index contributed by atoms with van der Waals surface area (Å²) in [5.41, 5.74) is -0.0112. The van der Waals surface area contributed by atoms with Crippen LogP contribution >= 0.6 is 23.2 Å². The molecule has 1 aromatic carbocycles. The zero-order chi connectivity index (χ0) is 13.1. The van der Waals surface area contributed by atoms with Gasteiger partial charge in [0.15, 0.2) is 5.82 Å². The Hall–Kier alpha value is -0.800. The van der Waals surface area contributed by atoms with Crippen LogP contribution in [0.5, 0.6) is 0 Å². The van der Waals surface area contributed by atoms with Crippen molar-refractivity contribution < 1.29 is 9.18 Å². The summed E-state index contributed by atoms with van der Waals surface area (Å²) in [7, 11) is 0. The lowest BCUT2D eigenvalue weighted by molar-refractivity contribution is 0.0943. The molecule has 0 heterocycles. The molecular formula is C13H14Cl2FNO. The van der Waals surface area contributed by atoms with Crippen molar-refractivity contribution in [1.29, 1.82) is 0 Å². The highest BCUT2D eigenvalue weighted by Crippen LogP contribution is 2.28. The predicted octanol–water partition coefficient (Wildman–Crippen LogP) is 3.62. The fraction of sp³-hybridized carbons (Fsp3) is 0.462. The average Bonchev–Trinajstić information content (AvgIpc) is 2.76. The topological polar surface area (TPSA) is 29.1 Å². The van der Waals surface area contributed by atoms with Crippen molar-refractivity contribution in [2.45, 2.75) is 24.6 Å². The quantitative estimate of drug-likeness (QED) is 0.846. The Balaban J connectivity index is 1.94. The SMILES string of the molecule is O=C(NCC1CCC(Cl)C1)c1cccc(Cl)c1F. The first kappa shape index (κ1) is 13.6. The van der Waals surface area contributed by atoms with E-state index >= 15 is 0 Å². The van der Waals surface area contributed by atoms with Gasteiger partial charge < -0.3 is 5.32 Å². The second-order valence-corrected chi connectivity index (χ2v) is 5.61. The second-order valence-electron chi connectivity index (χ2n) is 4.59. The molecule has 1 saturated carbocycles. The zero-order valence-electron chi connectivity index (χ0n) is 9.76. The lowest BCUT2D eigenvalue weighted by Gasteiger charge is -2.11. The first-order valence-corrected chi connectivity index (χ1v) is 6.75. The Morgan fingerprint density at radius 2 is 2.22 bits per heavy atom. The van der Waals surface area contributed by atoms with Gasteiger partial charge in [0.1, 0.15) is 0 Å². The summed E-state index contributed by atoms with van der Waals surface area (Å²) >= 11 is 11.6. The molecule has 2 nitrogen and oxygen atoms in total. The number of hydrogen-bond acceptors (Lipinski definition) is 1. The lowest BCUT2D eigenvalue weighted by atomic mass is 10.1. The van der Waals surface area contributed by atoms with Gasteiger partial charge in [0.2, 0.25) is 0 Å². The van der Waals surface area contributed by atoms with Crippen molar-refractivity contribution in [3.8, 4) is 0 Å². The number of alkyl halides is 1. The first-order chi connectivity index (χ1) is 8.58. The van der Waals surface area contributed by atoms with Gasteiger partial charge in [-0.15, -0.1) is 11.6 Å². The fourth-order valence-corrected chi connectivity index (χ4v) is 2.76. The molecule has 18 heavy (non-hydrogen) atoms. The van der Waals surface area contributed by atoms with E-state index in [4.69, 9.17) is 23.2 Å². The van der Waals surface area contributed by atoms with Crippen LogP contribution in [0, 0.1) is 11.7 Å². The van der Waals surface area contributed by atoms with Gasteiger partial charge in [0, 0.05) is 11.9 Å². The van der Waals surface area contributed by atoms with Crippen LogP contribution in [-0.4, -0.2) is 17.8 Å². The van der Waals surface area contributed by atoms with Gasteiger partial charge in [-0.2, -0.15) is 0 Å². The lowest BCUT2D eigenvalue weighted by Crippen LogP contribution is -2.29. The van der Waals surface area contributed by atoms with Crippen LogP contribution in [0.25, 0.3) is 0 Å². The highest BCUT2D eigenvalue weighted by molar-refractivity contribution is 6.31. The molecule has 0 aliphatic heterocycles. The van der Waals surface area contributed by atoms with Gasteiger partial charge >= 0.3 is 0 Å². The molecule has 1 aliphatic rings. The largest absolute Gasteiger partial charge is 0.352 e. The van der Waals surface area contributed by atoms with Gasteiger partial charge in [0.05, 0.1) is 10.6 Å². The van der Waals surface area contributed by atoms with Crippen LogP contribution in [0.15, 0.2) is 18.2 Å². The summed E-state index contributed by atoms with van der Waals surface area (Å²) in [4.78, 5) is 11.8. The van der Waals surface area contributed by atoms with E-state index in [2.05, 4.69) is 5.32 Å². The highest BCUT2D eigenvalue weighted by Gasteiger charge is 2.23. The number of rotatable bonds is 3. The third-order valence-electron chi connectivity index (χ3n) is 3.22. The smallest absolute Gasteiger partial charge is 0.254 e. The Labute approximate surface area is 115 Å². The maximum atomic E-state index is 13.6. The average molecular weight is 290 g/mol. The number of hydrogen-bond donors (Lipinski definition) is 1. The van der Waals surface area contributed by atoms with Gasteiger partial charge in [-0.25, -0.2) is 4.39 Å². The van der Waals surface area contributed by atoms with Crippen molar-refractivity contribution in [1.82, 2.24) is 5.32 Å². The van der Waals surface area contributed by atoms with E-state index in [1.807, 2.05) is 0 Å². The molecule has 0 aromatic heterocycles. The minimum atomic E-state index is -0.668. The molecule has 1 amide bonds.